The maximum absolute atomic E-state index is 12.7. The normalized spacial score (nSPS) is 15.6. The van der Waals surface area contributed by atoms with Gasteiger partial charge in [0.2, 0.25) is 0 Å². The Kier molecular flexibility index (Phi) is 6.51. The van der Waals surface area contributed by atoms with Crippen LogP contribution in [0.3, 0.4) is 0 Å². The molecule has 0 aromatic heterocycles. The molecule has 3 rings (SSSR count). The minimum absolute atomic E-state index is 0.224. The summed E-state index contributed by atoms with van der Waals surface area (Å²) in [7, 11) is -2.06. The molecule has 2 aromatic rings. The summed E-state index contributed by atoms with van der Waals surface area (Å²) < 4.78 is 34.6. The van der Waals surface area contributed by atoms with Crippen LogP contribution in [0.4, 0.5) is 5.69 Å². The first-order valence-electron chi connectivity index (χ1n) is 9.02. The molecule has 0 spiro atoms. The van der Waals surface area contributed by atoms with Crippen LogP contribution in [0.15, 0.2) is 57.8 Å². The van der Waals surface area contributed by atoms with E-state index < -0.39 is 10.0 Å². The number of ether oxygens (including phenoxy) is 1. The zero-order valence-electron chi connectivity index (χ0n) is 16.3. The number of aryl methyl sites for hydroxylation is 1. The van der Waals surface area contributed by atoms with Crippen LogP contribution in [-0.4, -0.2) is 58.0 Å². The number of amidine groups is 1. The molecule has 0 radical (unpaired) electrons. The van der Waals surface area contributed by atoms with Crippen molar-refractivity contribution in [2.45, 2.75) is 11.8 Å². The van der Waals surface area contributed by atoms with Gasteiger partial charge in [0, 0.05) is 31.9 Å². The number of benzene rings is 2. The summed E-state index contributed by atoms with van der Waals surface area (Å²) in [5.74, 6) is 0.834. The summed E-state index contributed by atoms with van der Waals surface area (Å²) in [6.07, 6.45) is 1.86. The SMILES string of the molecule is COc1ccc(N2CCN(/C(=N\S(=O)(=O)c3ccc(C)cc3)SC)CC2)cc1. The second-order valence-corrected chi connectivity index (χ2v) is 8.92. The second kappa shape index (κ2) is 8.87. The van der Waals surface area contributed by atoms with E-state index in [-0.39, 0.29) is 4.90 Å². The first-order valence-corrected chi connectivity index (χ1v) is 11.7. The first kappa shape index (κ1) is 20.5. The average Bonchev–Trinajstić information content (AvgIpc) is 2.72. The van der Waals surface area contributed by atoms with E-state index in [4.69, 9.17) is 4.74 Å². The molecule has 0 atom stereocenters. The Balaban J connectivity index is 1.70. The second-order valence-electron chi connectivity index (χ2n) is 6.54. The Hall–Kier alpha value is -2.19. The molecule has 6 nitrogen and oxygen atoms in total. The highest BCUT2D eigenvalue weighted by Crippen LogP contribution is 2.22. The molecule has 28 heavy (non-hydrogen) atoms. The van der Waals surface area contributed by atoms with Crippen LogP contribution in [0, 0.1) is 6.92 Å². The zero-order valence-corrected chi connectivity index (χ0v) is 18.0. The van der Waals surface area contributed by atoms with E-state index in [1.807, 2.05) is 42.3 Å². The van der Waals surface area contributed by atoms with Gasteiger partial charge < -0.3 is 14.5 Å². The minimum Gasteiger partial charge on any atom is -0.497 e. The lowest BCUT2D eigenvalue weighted by Crippen LogP contribution is -2.48. The summed E-state index contributed by atoms with van der Waals surface area (Å²) >= 11 is 1.36. The molecule has 1 aliphatic heterocycles. The van der Waals surface area contributed by atoms with E-state index in [2.05, 4.69) is 9.30 Å². The molecule has 0 bridgehead atoms. The maximum Gasteiger partial charge on any atom is 0.284 e. The van der Waals surface area contributed by atoms with Crippen LogP contribution < -0.4 is 9.64 Å². The molecule has 150 valence electrons. The largest absolute Gasteiger partial charge is 0.497 e. The number of sulfonamides is 1. The number of anilines is 1. The Bertz CT molecular complexity index is 918. The van der Waals surface area contributed by atoms with Gasteiger partial charge in [-0.25, -0.2) is 0 Å². The molecule has 1 saturated heterocycles. The van der Waals surface area contributed by atoms with Crippen molar-refractivity contribution in [3.8, 4) is 5.75 Å². The lowest BCUT2D eigenvalue weighted by molar-refractivity contribution is 0.392. The van der Waals surface area contributed by atoms with E-state index in [9.17, 15) is 8.42 Å². The van der Waals surface area contributed by atoms with Gasteiger partial charge in [0.25, 0.3) is 10.0 Å². The quantitative estimate of drug-likeness (QED) is 0.560. The van der Waals surface area contributed by atoms with Crippen LogP contribution in [0.5, 0.6) is 5.75 Å². The highest BCUT2D eigenvalue weighted by molar-refractivity contribution is 8.13. The van der Waals surface area contributed by atoms with Gasteiger partial charge in [0.05, 0.1) is 12.0 Å². The predicted octanol–water partition coefficient (Wildman–Crippen LogP) is 3.23. The molecule has 0 saturated carbocycles. The molecule has 0 unspecified atom stereocenters. The Morgan fingerprint density at radius 3 is 2.14 bits per heavy atom. The van der Waals surface area contributed by atoms with Crippen molar-refractivity contribution in [1.82, 2.24) is 4.90 Å². The molecular weight excluding hydrogens is 394 g/mol. The molecule has 0 N–H and O–H groups in total. The fourth-order valence-electron chi connectivity index (χ4n) is 3.04. The van der Waals surface area contributed by atoms with Crippen LogP contribution >= 0.6 is 11.8 Å². The van der Waals surface area contributed by atoms with E-state index >= 15 is 0 Å². The summed E-state index contributed by atoms with van der Waals surface area (Å²) in [5, 5.41) is 0.537. The summed E-state index contributed by atoms with van der Waals surface area (Å²) in [4.78, 5) is 4.54. The number of rotatable bonds is 4. The van der Waals surface area contributed by atoms with Gasteiger partial charge in [0.15, 0.2) is 5.17 Å². The van der Waals surface area contributed by atoms with Crippen LogP contribution in [0.1, 0.15) is 5.56 Å². The Morgan fingerprint density at radius 1 is 1.00 bits per heavy atom. The van der Waals surface area contributed by atoms with E-state index in [0.29, 0.717) is 5.17 Å². The summed E-state index contributed by atoms with van der Waals surface area (Å²) in [5.41, 5.74) is 2.15. The van der Waals surface area contributed by atoms with Crippen LogP contribution in [-0.2, 0) is 10.0 Å². The van der Waals surface area contributed by atoms with Crippen molar-refractivity contribution in [3.63, 3.8) is 0 Å². The van der Waals surface area contributed by atoms with Crippen molar-refractivity contribution in [3.05, 3.63) is 54.1 Å². The van der Waals surface area contributed by atoms with Crippen LogP contribution in [0.2, 0.25) is 0 Å². The van der Waals surface area contributed by atoms with Gasteiger partial charge in [-0.2, -0.15) is 8.42 Å². The molecule has 1 fully saturated rings. The third-order valence-corrected chi connectivity index (χ3v) is 6.80. The highest BCUT2D eigenvalue weighted by atomic mass is 32.2. The number of piperazine rings is 1. The zero-order chi connectivity index (χ0) is 20.1. The van der Waals surface area contributed by atoms with E-state index in [0.717, 1.165) is 43.2 Å². The molecule has 8 heteroatoms. The fraction of sp³-hybridized carbons (Fsp3) is 0.350. The monoisotopic (exact) mass is 419 g/mol. The molecular formula is C20H25N3O3S2. The van der Waals surface area contributed by atoms with Gasteiger partial charge in [0.1, 0.15) is 5.75 Å². The first-order chi connectivity index (χ1) is 13.4. The third-order valence-electron chi connectivity index (χ3n) is 4.69. The number of methoxy groups -OCH3 is 1. The number of nitrogens with zero attached hydrogens (tertiary/aromatic N) is 3. The van der Waals surface area contributed by atoms with E-state index in [1.54, 1.807) is 31.4 Å². The fourth-order valence-corrected chi connectivity index (χ4v) is 4.98. The summed E-state index contributed by atoms with van der Waals surface area (Å²) in [6, 6.07) is 14.8. The number of thioether (sulfide) groups is 1. The minimum atomic E-state index is -3.71. The van der Waals surface area contributed by atoms with Crippen molar-refractivity contribution < 1.29 is 13.2 Å². The van der Waals surface area contributed by atoms with Crippen molar-refractivity contribution in [1.29, 1.82) is 0 Å². The lowest BCUT2D eigenvalue weighted by Gasteiger charge is -2.37. The van der Waals surface area contributed by atoms with Gasteiger partial charge in [-0.15, -0.1) is 4.40 Å². The van der Waals surface area contributed by atoms with E-state index in [1.165, 1.54) is 11.8 Å². The average molecular weight is 420 g/mol. The molecule has 2 aromatic carbocycles. The van der Waals surface area contributed by atoms with Gasteiger partial charge in [-0.05, 0) is 49.6 Å². The molecule has 1 heterocycles. The van der Waals surface area contributed by atoms with Gasteiger partial charge in [-0.3, -0.25) is 0 Å². The van der Waals surface area contributed by atoms with Crippen molar-refractivity contribution in [2.75, 3.05) is 44.4 Å². The topological polar surface area (TPSA) is 62.2 Å². The predicted molar refractivity (Wildman–Crippen MR) is 116 cm³/mol. The molecule has 0 amide bonds. The van der Waals surface area contributed by atoms with Gasteiger partial charge >= 0.3 is 0 Å². The lowest BCUT2D eigenvalue weighted by atomic mass is 10.2. The summed E-state index contributed by atoms with van der Waals surface area (Å²) in [6.45, 7) is 4.96. The standard InChI is InChI=1S/C20H25N3O3S2/c1-16-4-10-19(11-5-16)28(24,25)21-20(27-3)23-14-12-22(13-15-23)17-6-8-18(26-2)9-7-17/h4-11H,12-15H2,1-3H3/b21-20+. The Labute approximate surface area is 171 Å². The van der Waals surface area contributed by atoms with Crippen molar-refractivity contribution in [2.24, 2.45) is 4.40 Å². The Morgan fingerprint density at radius 2 is 1.61 bits per heavy atom. The number of hydrogen-bond donors (Lipinski definition) is 0. The highest BCUT2D eigenvalue weighted by Gasteiger charge is 2.22. The molecule has 1 aliphatic rings. The smallest absolute Gasteiger partial charge is 0.284 e. The third kappa shape index (κ3) is 4.80. The van der Waals surface area contributed by atoms with Crippen LogP contribution in [0.25, 0.3) is 0 Å². The van der Waals surface area contributed by atoms with Gasteiger partial charge in [-0.1, -0.05) is 29.5 Å². The maximum atomic E-state index is 12.7. The molecule has 0 aliphatic carbocycles. The number of hydrogen-bond acceptors (Lipinski definition) is 5. The van der Waals surface area contributed by atoms with Crippen molar-refractivity contribution >= 4 is 32.6 Å².